The lowest BCUT2D eigenvalue weighted by atomic mass is 10.1. The molecule has 2 aromatic rings. The van der Waals surface area contributed by atoms with E-state index in [-0.39, 0.29) is 5.57 Å². The first-order chi connectivity index (χ1) is 14.8. The van der Waals surface area contributed by atoms with Crippen LogP contribution in [0.2, 0.25) is 0 Å². The molecular formula is C23H27N3O5. The van der Waals surface area contributed by atoms with Crippen LogP contribution in [-0.2, 0) is 25.6 Å². The first-order valence-corrected chi connectivity index (χ1v) is 9.74. The summed E-state index contributed by atoms with van der Waals surface area (Å²) in [6.07, 6.45) is 0.363. The predicted octanol–water partition coefficient (Wildman–Crippen LogP) is 3.24. The molecule has 1 aromatic heterocycles. The molecule has 0 radical (unpaired) electrons. The molecule has 2 rings (SSSR count). The molecule has 1 atom stereocenters. The molecule has 1 aromatic carbocycles. The first-order valence-electron chi connectivity index (χ1n) is 9.74. The van der Waals surface area contributed by atoms with Crippen LogP contribution in [0, 0.1) is 25.2 Å². The van der Waals surface area contributed by atoms with Crippen molar-refractivity contribution in [1.29, 1.82) is 5.26 Å². The van der Waals surface area contributed by atoms with E-state index in [0.717, 1.165) is 17.0 Å². The molecule has 0 fully saturated rings. The summed E-state index contributed by atoms with van der Waals surface area (Å²) >= 11 is 0. The molecule has 0 aliphatic carbocycles. The number of nitrogens with zero attached hydrogens (tertiary/aromatic N) is 2. The highest BCUT2D eigenvalue weighted by molar-refractivity contribution is 6.01. The molecule has 0 saturated carbocycles. The minimum absolute atomic E-state index is 0.191. The third-order valence-electron chi connectivity index (χ3n) is 4.79. The SMILES string of the molecule is COCCn1c(C)cc(/C=C(\C#N)C(=O)O[C@H](C)C(=O)Nc2ccccc2OC)c1C. The third-order valence-corrected chi connectivity index (χ3v) is 4.79. The molecule has 1 amide bonds. The van der Waals surface area contributed by atoms with Gasteiger partial charge in [-0.3, -0.25) is 4.79 Å². The molecule has 0 saturated heterocycles. The van der Waals surface area contributed by atoms with Crippen molar-refractivity contribution in [3.05, 3.63) is 52.9 Å². The van der Waals surface area contributed by atoms with E-state index in [1.165, 1.54) is 20.1 Å². The number of rotatable bonds is 9. The number of hydrogen-bond donors (Lipinski definition) is 1. The molecule has 1 N–H and O–H groups in total. The minimum atomic E-state index is -1.11. The van der Waals surface area contributed by atoms with Crippen LogP contribution >= 0.6 is 0 Å². The fraction of sp³-hybridized carbons (Fsp3) is 0.348. The topological polar surface area (TPSA) is 103 Å². The predicted molar refractivity (Wildman–Crippen MR) is 117 cm³/mol. The maximum Gasteiger partial charge on any atom is 0.349 e. The lowest BCUT2D eigenvalue weighted by Gasteiger charge is -2.15. The fourth-order valence-electron chi connectivity index (χ4n) is 3.05. The van der Waals surface area contributed by atoms with E-state index in [1.807, 2.05) is 30.6 Å². The van der Waals surface area contributed by atoms with E-state index < -0.39 is 18.0 Å². The number of amides is 1. The number of benzene rings is 1. The highest BCUT2D eigenvalue weighted by Crippen LogP contribution is 2.23. The molecule has 0 unspecified atom stereocenters. The number of aromatic nitrogens is 1. The van der Waals surface area contributed by atoms with Gasteiger partial charge in [0.2, 0.25) is 0 Å². The number of hydrogen-bond acceptors (Lipinski definition) is 6. The van der Waals surface area contributed by atoms with Gasteiger partial charge in [0.25, 0.3) is 5.91 Å². The Balaban J connectivity index is 2.12. The first kappa shape index (κ1) is 23.7. The van der Waals surface area contributed by atoms with Crippen molar-refractivity contribution in [2.45, 2.75) is 33.4 Å². The van der Waals surface area contributed by atoms with E-state index in [4.69, 9.17) is 14.2 Å². The lowest BCUT2D eigenvalue weighted by molar-refractivity contribution is -0.148. The summed E-state index contributed by atoms with van der Waals surface area (Å²) in [5.41, 5.74) is 2.88. The lowest BCUT2D eigenvalue weighted by Crippen LogP contribution is -2.30. The van der Waals surface area contributed by atoms with Crippen molar-refractivity contribution in [2.75, 3.05) is 26.1 Å². The summed E-state index contributed by atoms with van der Waals surface area (Å²) in [6.45, 7) is 6.49. The fourth-order valence-corrected chi connectivity index (χ4v) is 3.05. The number of nitriles is 1. The highest BCUT2D eigenvalue weighted by atomic mass is 16.5. The molecule has 164 valence electrons. The minimum Gasteiger partial charge on any atom is -0.495 e. The molecule has 8 heteroatoms. The quantitative estimate of drug-likeness (QED) is 0.376. The molecule has 0 aliphatic heterocycles. The molecule has 0 spiro atoms. The zero-order chi connectivity index (χ0) is 23.0. The standard InChI is InChI=1S/C23H27N3O5/c1-15-12-18(16(2)26(15)10-11-29-4)13-19(14-24)23(28)31-17(3)22(27)25-20-8-6-7-9-21(20)30-5/h6-9,12-13,17H,10-11H2,1-5H3,(H,25,27)/b19-13+/t17-/m1/s1. The van der Waals surface area contributed by atoms with Crippen molar-refractivity contribution < 1.29 is 23.8 Å². The van der Waals surface area contributed by atoms with E-state index in [9.17, 15) is 14.9 Å². The monoisotopic (exact) mass is 425 g/mol. The van der Waals surface area contributed by atoms with Gasteiger partial charge in [-0.1, -0.05) is 12.1 Å². The Kier molecular flexibility index (Phi) is 8.41. The van der Waals surface area contributed by atoms with Crippen LogP contribution in [0.5, 0.6) is 5.75 Å². The number of methoxy groups -OCH3 is 2. The largest absolute Gasteiger partial charge is 0.495 e. The van der Waals surface area contributed by atoms with E-state index in [0.29, 0.717) is 24.6 Å². The molecular weight excluding hydrogens is 398 g/mol. The maximum absolute atomic E-state index is 12.5. The van der Waals surface area contributed by atoms with Gasteiger partial charge in [0, 0.05) is 25.0 Å². The van der Waals surface area contributed by atoms with Gasteiger partial charge in [0.15, 0.2) is 6.10 Å². The second-order valence-electron chi connectivity index (χ2n) is 6.88. The zero-order valence-electron chi connectivity index (χ0n) is 18.4. The summed E-state index contributed by atoms with van der Waals surface area (Å²) in [7, 11) is 3.12. The van der Waals surface area contributed by atoms with Crippen LogP contribution in [0.15, 0.2) is 35.9 Å². The van der Waals surface area contributed by atoms with Crippen LogP contribution in [0.4, 0.5) is 5.69 Å². The second kappa shape index (κ2) is 11.0. The van der Waals surface area contributed by atoms with E-state index in [2.05, 4.69) is 5.32 Å². The van der Waals surface area contributed by atoms with Crippen LogP contribution in [0.1, 0.15) is 23.9 Å². The summed E-state index contributed by atoms with van der Waals surface area (Å²) in [6, 6.07) is 10.6. The smallest absolute Gasteiger partial charge is 0.349 e. The van der Waals surface area contributed by atoms with Gasteiger partial charge in [-0.15, -0.1) is 0 Å². The van der Waals surface area contributed by atoms with Gasteiger partial charge in [0.1, 0.15) is 17.4 Å². The van der Waals surface area contributed by atoms with Gasteiger partial charge in [0.05, 0.1) is 19.4 Å². The zero-order valence-corrected chi connectivity index (χ0v) is 18.4. The average Bonchev–Trinajstić information content (AvgIpc) is 3.02. The third kappa shape index (κ3) is 5.96. The van der Waals surface area contributed by atoms with Crippen molar-refractivity contribution in [3.63, 3.8) is 0 Å². The molecule has 8 nitrogen and oxygen atoms in total. The number of esters is 1. The van der Waals surface area contributed by atoms with Gasteiger partial charge in [-0.05, 0) is 50.6 Å². The number of carbonyl (C=O) groups is 2. The number of ether oxygens (including phenoxy) is 3. The van der Waals surface area contributed by atoms with Crippen LogP contribution in [-0.4, -0.2) is 43.4 Å². The Morgan fingerprint density at radius 2 is 1.97 bits per heavy atom. The Morgan fingerprint density at radius 1 is 1.26 bits per heavy atom. The Labute approximate surface area is 182 Å². The van der Waals surface area contributed by atoms with E-state index in [1.54, 1.807) is 31.4 Å². The van der Waals surface area contributed by atoms with Crippen molar-refractivity contribution in [2.24, 2.45) is 0 Å². The highest BCUT2D eigenvalue weighted by Gasteiger charge is 2.22. The number of nitrogens with one attached hydrogen (secondary N) is 1. The van der Waals surface area contributed by atoms with Crippen LogP contribution in [0.3, 0.4) is 0 Å². The van der Waals surface area contributed by atoms with Gasteiger partial charge >= 0.3 is 5.97 Å². The Hall–Kier alpha value is -3.57. The summed E-state index contributed by atoms with van der Waals surface area (Å²) < 4.78 is 17.6. The second-order valence-corrected chi connectivity index (χ2v) is 6.88. The Bertz CT molecular complexity index is 1020. The average molecular weight is 425 g/mol. The van der Waals surface area contributed by atoms with Crippen molar-refractivity contribution in [1.82, 2.24) is 4.57 Å². The Morgan fingerprint density at radius 3 is 2.61 bits per heavy atom. The van der Waals surface area contributed by atoms with E-state index >= 15 is 0 Å². The number of aryl methyl sites for hydroxylation is 1. The number of carbonyl (C=O) groups excluding carboxylic acids is 2. The van der Waals surface area contributed by atoms with Gasteiger partial charge in [-0.25, -0.2) is 4.79 Å². The molecule has 31 heavy (non-hydrogen) atoms. The molecule has 0 aliphatic rings. The maximum atomic E-state index is 12.5. The molecule has 0 bridgehead atoms. The summed E-state index contributed by atoms with van der Waals surface area (Å²) in [5.74, 6) is -0.921. The van der Waals surface area contributed by atoms with Crippen molar-refractivity contribution in [3.8, 4) is 11.8 Å². The van der Waals surface area contributed by atoms with Crippen molar-refractivity contribution >= 4 is 23.6 Å². The normalized spacial score (nSPS) is 12.1. The summed E-state index contributed by atoms with van der Waals surface area (Å²) in [4.78, 5) is 24.9. The van der Waals surface area contributed by atoms with Crippen LogP contribution in [0.25, 0.3) is 6.08 Å². The number of anilines is 1. The number of para-hydroxylation sites is 2. The van der Waals surface area contributed by atoms with Gasteiger partial charge in [-0.2, -0.15) is 5.26 Å². The summed E-state index contributed by atoms with van der Waals surface area (Å²) in [5, 5.41) is 12.1. The van der Waals surface area contributed by atoms with Gasteiger partial charge < -0.3 is 24.1 Å². The van der Waals surface area contributed by atoms with Crippen LogP contribution < -0.4 is 10.1 Å². The molecule has 1 heterocycles.